The summed E-state index contributed by atoms with van der Waals surface area (Å²) < 4.78 is 10.2. The molecule has 0 bridgehead atoms. The fourth-order valence-corrected chi connectivity index (χ4v) is 2.91. The Morgan fingerprint density at radius 1 is 1.12 bits per heavy atom. The number of allylic oxidation sites excluding steroid dienone is 2. The summed E-state index contributed by atoms with van der Waals surface area (Å²) in [7, 11) is 0. The number of carbonyl (C=O) groups is 3. The maximum absolute atomic E-state index is 12.6. The molecule has 2 rings (SSSR count). The van der Waals surface area contributed by atoms with E-state index in [2.05, 4.69) is 5.32 Å². The van der Waals surface area contributed by atoms with E-state index in [1.165, 1.54) is 6.07 Å². The van der Waals surface area contributed by atoms with Gasteiger partial charge in [0.15, 0.2) is 6.29 Å². The lowest BCUT2D eigenvalue weighted by molar-refractivity contribution is -0.139. The number of para-hydroxylation sites is 1. The summed E-state index contributed by atoms with van der Waals surface area (Å²) in [5.41, 5.74) is 0.756. The predicted molar refractivity (Wildman–Crippen MR) is 93.0 cm³/mol. The Hall–Kier alpha value is -3.09. The van der Waals surface area contributed by atoms with Gasteiger partial charge in [0.1, 0.15) is 5.75 Å². The van der Waals surface area contributed by atoms with E-state index in [-0.39, 0.29) is 35.8 Å². The molecule has 1 aliphatic heterocycles. The lowest BCUT2D eigenvalue weighted by Crippen LogP contribution is -2.33. The van der Waals surface area contributed by atoms with Gasteiger partial charge in [0, 0.05) is 11.3 Å². The van der Waals surface area contributed by atoms with Crippen LogP contribution in [0.1, 0.15) is 32.3 Å². The molecule has 1 atom stereocenters. The zero-order valence-electron chi connectivity index (χ0n) is 14.9. The van der Waals surface area contributed by atoms with Crippen LogP contribution in [0.25, 0.3) is 0 Å². The molecule has 0 fully saturated rings. The third-order valence-corrected chi connectivity index (χ3v) is 3.95. The Morgan fingerprint density at radius 2 is 1.69 bits per heavy atom. The zero-order chi connectivity index (χ0) is 19.3. The van der Waals surface area contributed by atoms with Gasteiger partial charge in [-0.15, -0.1) is 0 Å². The highest BCUT2D eigenvalue weighted by Crippen LogP contribution is 2.42. The summed E-state index contributed by atoms with van der Waals surface area (Å²) >= 11 is 0. The number of dihydropyridines is 1. The summed E-state index contributed by atoms with van der Waals surface area (Å²) in [6.07, 6.45) is 0.491. The van der Waals surface area contributed by atoms with Gasteiger partial charge in [-0.2, -0.15) is 0 Å². The van der Waals surface area contributed by atoms with Crippen molar-refractivity contribution in [3.05, 3.63) is 52.4 Å². The van der Waals surface area contributed by atoms with Crippen LogP contribution in [0.15, 0.2) is 46.8 Å². The minimum atomic E-state index is -0.990. The van der Waals surface area contributed by atoms with Gasteiger partial charge in [0.25, 0.3) is 0 Å². The van der Waals surface area contributed by atoms with Gasteiger partial charge in [-0.3, -0.25) is 4.79 Å². The molecular formula is C19H21NO6. The first kappa shape index (κ1) is 19.2. The molecule has 0 aromatic heterocycles. The van der Waals surface area contributed by atoms with Crippen molar-refractivity contribution in [3.8, 4) is 5.75 Å². The van der Waals surface area contributed by atoms with Crippen molar-refractivity contribution >= 4 is 18.2 Å². The predicted octanol–water partition coefficient (Wildman–Crippen LogP) is 1.93. The monoisotopic (exact) mass is 359 g/mol. The van der Waals surface area contributed by atoms with Crippen LogP contribution in [0.3, 0.4) is 0 Å². The maximum Gasteiger partial charge on any atom is 0.337 e. The molecule has 7 nitrogen and oxygen atoms in total. The molecular weight excluding hydrogens is 338 g/mol. The standard InChI is InChI=1S/C19H21NO6/c1-4-25-18(23)15-11(3)20-13(10-21)17(19(24)26-5-2)16(15)12-8-6-7-9-14(12)22/h6-10,16,20,22H,4-5H2,1-3H3. The summed E-state index contributed by atoms with van der Waals surface area (Å²) in [5, 5.41) is 13.1. The van der Waals surface area contributed by atoms with Gasteiger partial charge in [0.05, 0.1) is 36.0 Å². The van der Waals surface area contributed by atoms with E-state index in [1.807, 2.05) is 0 Å². The van der Waals surface area contributed by atoms with Crippen LogP contribution in [-0.2, 0) is 23.9 Å². The fraction of sp³-hybridized carbons (Fsp3) is 0.316. The van der Waals surface area contributed by atoms with Crippen LogP contribution in [0.2, 0.25) is 0 Å². The molecule has 1 aromatic rings. The van der Waals surface area contributed by atoms with Crippen molar-refractivity contribution in [2.45, 2.75) is 26.7 Å². The normalized spacial score (nSPS) is 16.8. The number of hydrogen-bond donors (Lipinski definition) is 2. The minimum Gasteiger partial charge on any atom is -0.508 e. The van der Waals surface area contributed by atoms with Gasteiger partial charge < -0.3 is 19.9 Å². The third kappa shape index (κ3) is 3.61. The van der Waals surface area contributed by atoms with Crippen LogP contribution in [0.5, 0.6) is 5.75 Å². The number of benzene rings is 1. The smallest absolute Gasteiger partial charge is 0.337 e. The summed E-state index contributed by atoms with van der Waals surface area (Å²) in [6, 6.07) is 6.31. The number of aromatic hydroxyl groups is 1. The fourth-order valence-electron chi connectivity index (χ4n) is 2.91. The number of rotatable bonds is 6. The van der Waals surface area contributed by atoms with E-state index >= 15 is 0 Å². The summed E-state index contributed by atoms with van der Waals surface area (Å²) in [4.78, 5) is 36.7. The first-order valence-electron chi connectivity index (χ1n) is 8.25. The van der Waals surface area contributed by atoms with Crippen LogP contribution in [-0.4, -0.2) is 36.5 Å². The maximum atomic E-state index is 12.6. The molecule has 138 valence electrons. The molecule has 0 radical (unpaired) electrons. The number of nitrogens with one attached hydrogen (secondary N) is 1. The second-order valence-electron chi connectivity index (χ2n) is 5.54. The van der Waals surface area contributed by atoms with Crippen LogP contribution >= 0.6 is 0 Å². The van der Waals surface area contributed by atoms with E-state index in [1.54, 1.807) is 39.0 Å². The lowest BCUT2D eigenvalue weighted by Gasteiger charge is -2.30. The van der Waals surface area contributed by atoms with Crippen LogP contribution in [0.4, 0.5) is 0 Å². The number of phenolic OH excluding ortho intramolecular Hbond substituents is 1. The van der Waals surface area contributed by atoms with E-state index in [4.69, 9.17) is 9.47 Å². The topological polar surface area (TPSA) is 102 Å². The van der Waals surface area contributed by atoms with Gasteiger partial charge >= 0.3 is 11.9 Å². The van der Waals surface area contributed by atoms with E-state index < -0.39 is 17.9 Å². The number of aldehydes is 1. The summed E-state index contributed by atoms with van der Waals surface area (Å²) in [6.45, 7) is 5.14. The third-order valence-electron chi connectivity index (χ3n) is 3.95. The highest BCUT2D eigenvalue weighted by molar-refractivity contribution is 6.03. The van der Waals surface area contributed by atoms with Gasteiger partial charge in [-0.1, -0.05) is 18.2 Å². The first-order chi connectivity index (χ1) is 12.5. The van der Waals surface area contributed by atoms with Gasteiger partial charge in [0.2, 0.25) is 0 Å². The SMILES string of the molecule is CCOC(=O)C1=C(C)NC(C=O)=C(C(=O)OCC)C1c1ccccc1O. The number of phenols is 1. The molecule has 1 aromatic carbocycles. The Balaban J connectivity index is 2.73. The first-order valence-corrected chi connectivity index (χ1v) is 8.25. The van der Waals surface area contributed by atoms with Crippen molar-refractivity contribution in [2.75, 3.05) is 13.2 Å². The molecule has 7 heteroatoms. The molecule has 0 amide bonds. The number of hydrogen-bond acceptors (Lipinski definition) is 7. The molecule has 26 heavy (non-hydrogen) atoms. The molecule has 1 unspecified atom stereocenters. The molecule has 0 aliphatic carbocycles. The Bertz CT molecular complexity index is 793. The second-order valence-corrected chi connectivity index (χ2v) is 5.54. The minimum absolute atomic E-state index is 0.0118. The van der Waals surface area contributed by atoms with Gasteiger partial charge in [-0.25, -0.2) is 9.59 Å². The van der Waals surface area contributed by atoms with Crippen molar-refractivity contribution in [2.24, 2.45) is 0 Å². The molecule has 1 aliphatic rings. The molecule has 0 spiro atoms. The van der Waals surface area contributed by atoms with E-state index in [0.29, 0.717) is 17.5 Å². The quantitative estimate of drug-likeness (QED) is 0.591. The van der Waals surface area contributed by atoms with Crippen molar-refractivity contribution in [1.29, 1.82) is 0 Å². The molecule has 2 N–H and O–H groups in total. The van der Waals surface area contributed by atoms with E-state index in [9.17, 15) is 19.5 Å². The van der Waals surface area contributed by atoms with Crippen molar-refractivity contribution in [1.82, 2.24) is 5.32 Å². The average molecular weight is 359 g/mol. The van der Waals surface area contributed by atoms with Crippen molar-refractivity contribution in [3.63, 3.8) is 0 Å². The molecule has 1 heterocycles. The number of ether oxygens (including phenoxy) is 2. The average Bonchev–Trinajstić information content (AvgIpc) is 2.61. The lowest BCUT2D eigenvalue weighted by atomic mass is 9.80. The largest absolute Gasteiger partial charge is 0.508 e. The number of esters is 2. The Kier molecular flexibility index (Phi) is 6.16. The van der Waals surface area contributed by atoms with Crippen molar-refractivity contribution < 1.29 is 29.0 Å². The zero-order valence-corrected chi connectivity index (χ0v) is 14.9. The van der Waals surface area contributed by atoms with Crippen LogP contribution in [0, 0.1) is 0 Å². The second kappa shape index (κ2) is 8.33. The van der Waals surface area contributed by atoms with Gasteiger partial charge in [-0.05, 0) is 26.8 Å². The highest BCUT2D eigenvalue weighted by atomic mass is 16.5. The van der Waals surface area contributed by atoms with Crippen LogP contribution < -0.4 is 5.32 Å². The Morgan fingerprint density at radius 3 is 2.23 bits per heavy atom. The summed E-state index contributed by atoms with van der Waals surface area (Å²) in [5.74, 6) is -2.49. The molecule has 0 saturated carbocycles. The highest BCUT2D eigenvalue weighted by Gasteiger charge is 2.39. The number of carbonyl (C=O) groups excluding carboxylic acids is 3. The van der Waals surface area contributed by atoms with E-state index in [0.717, 1.165) is 0 Å². The Labute approximate surface area is 151 Å². The molecule has 0 saturated heterocycles.